The summed E-state index contributed by atoms with van der Waals surface area (Å²) in [5.41, 5.74) is 7.58. The maximum absolute atomic E-state index is 12.1. The minimum Gasteiger partial charge on any atom is -0.378 e. The summed E-state index contributed by atoms with van der Waals surface area (Å²) in [5, 5.41) is 3.79. The number of hydrogen-bond acceptors (Lipinski definition) is 5. The van der Waals surface area contributed by atoms with E-state index in [1.54, 1.807) is 32.0 Å². The predicted molar refractivity (Wildman–Crippen MR) is 86.1 cm³/mol. The zero-order chi connectivity index (χ0) is 17.0. The van der Waals surface area contributed by atoms with Crippen LogP contribution in [0.5, 0.6) is 0 Å². The molecule has 0 spiro atoms. The smallest absolute Gasteiger partial charge is 0.269 e. The summed E-state index contributed by atoms with van der Waals surface area (Å²) in [6.07, 6.45) is 0.0964. The molecule has 0 fully saturated rings. The molecule has 0 saturated carbocycles. The van der Waals surface area contributed by atoms with Crippen molar-refractivity contribution in [2.75, 3.05) is 19.0 Å². The van der Waals surface area contributed by atoms with Crippen molar-refractivity contribution in [1.82, 2.24) is 16.0 Å². The van der Waals surface area contributed by atoms with E-state index in [9.17, 15) is 9.59 Å². The molecule has 0 atom stereocenters. The van der Waals surface area contributed by atoms with Crippen molar-refractivity contribution in [3.63, 3.8) is 0 Å². The van der Waals surface area contributed by atoms with E-state index < -0.39 is 0 Å². The van der Waals surface area contributed by atoms with Gasteiger partial charge in [0.1, 0.15) is 5.76 Å². The van der Waals surface area contributed by atoms with Crippen molar-refractivity contribution in [1.29, 1.82) is 0 Å². The highest BCUT2D eigenvalue weighted by atomic mass is 16.5. The van der Waals surface area contributed by atoms with Gasteiger partial charge in [0.05, 0.1) is 12.1 Å². The average molecular weight is 316 g/mol. The summed E-state index contributed by atoms with van der Waals surface area (Å²) in [7, 11) is 3.78. The molecular weight excluding hydrogens is 296 g/mol. The standard InChI is InChI=1S/C16H20N4O3/c1-10-14(11(2)23-19-10)9-15(21)17-18-16(22)12-6-5-7-13(8-12)20(3)4/h5-8H,9H2,1-4H3,(H,17,21)(H,18,22). The average Bonchev–Trinajstić information content (AvgIpc) is 2.84. The molecule has 1 aromatic heterocycles. The first-order chi connectivity index (χ1) is 10.9. The fourth-order valence-electron chi connectivity index (χ4n) is 2.08. The number of anilines is 1. The lowest BCUT2D eigenvalue weighted by Gasteiger charge is -2.13. The number of hydrazine groups is 1. The maximum atomic E-state index is 12.1. The summed E-state index contributed by atoms with van der Waals surface area (Å²) in [4.78, 5) is 25.9. The van der Waals surface area contributed by atoms with Crippen LogP contribution >= 0.6 is 0 Å². The Morgan fingerprint density at radius 2 is 1.96 bits per heavy atom. The van der Waals surface area contributed by atoms with Crippen LogP contribution < -0.4 is 15.8 Å². The maximum Gasteiger partial charge on any atom is 0.269 e. The number of amides is 2. The molecule has 2 aromatic rings. The van der Waals surface area contributed by atoms with E-state index in [1.165, 1.54) is 0 Å². The number of benzene rings is 1. The lowest BCUT2D eigenvalue weighted by molar-refractivity contribution is -0.121. The molecule has 0 unspecified atom stereocenters. The van der Waals surface area contributed by atoms with Crippen LogP contribution in [0.3, 0.4) is 0 Å². The molecule has 0 aliphatic heterocycles. The zero-order valence-electron chi connectivity index (χ0n) is 13.6. The van der Waals surface area contributed by atoms with Crippen molar-refractivity contribution in [3.05, 3.63) is 46.8 Å². The normalized spacial score (nSPS) is 10.3. The Hall–Kier alpha value is -2.83. The summed E-state index contributed by atoms with van der Waals surface area (Å²) in [6, 6.07) is 7.11. The molecule has 0 aliphatic carbocycles. The fraction of sp³-hybridized carbons (Fsp3) is 0.312. The summed E-state index contributed by atoms with van der Waals surface area (Å²) >= 11 is 0. The van der Waals surface area contributed by atoms with Gasteiger partial charge in [0.25, 0.3) is 5.91 Å². The first kappa shape index (κ1) is 16.5. The number of carbonyl (C=O) groups excluding carboxylic acids is 2. The third-order valence-corrected chi connectivity index (χ3v) is 3.46. The van der Waals surface area contributed by atoms with Crippen molar-refractivity contribution in [3.8, 4) is 0 Å². The van der Waals surface area contributed by atoms with E-state index in [1.807, 2.05) is 25.1 Å². The fourth-order valence-corrected chi connectivity index (χ4v) is 2.08. The van der Waals surface area contributed by atoms with Gasteiger partial charge >= 0.3 is 0 Å². The van der Waals surface area contributed by atoms with Gasteiger partial charge in [-0.1, -0.05) is 11.2 Å². The molecule has 1 heterocycles. The van der Waals surface area contributed by atoms with Crippen LogP contribution in [-0.2, 0) is 11.2 Å². The van der Waals surface area contributed by atoms with E-state index in [0.717, 1.165) is 11.3 Å². The van der Waals surface area contributed by atoms with Gasteiger partial charge in [0, 0.05) is 30.9 Å². The van der Waals surface area contributed by atoms with E-state index in [2.05, 4.69) is 16.0 Å². The quantitative estimate of drug-likeness (QED) is 0.832. The van der Waals surface area contributed by atoms with Crippen LogP contribution in [0.1, 0.15) is 27.4 Å². The number of nitrogens with zero attached hydrogens (tertiary/aromatic N) is 2. The summed E-state index contributed by atoms with van der Waals surface area (Å²) in [5.74, 6) is -0.111. The number of carbonyl (C=O) groups is 2. The molecular formula is C16H20N4O3. The number of hydrogen-bond donors (Lipinski definition) is 2. The Bertz CT molecular complexity index is 702. The van der Waals surface area contributed by atoms with Gasteiger partial charge in [0.2, 0.25) is 5.91 Å². The van der Waals surface area contributed by atoms with Crippen molar-refractivity contribution in [2.24, 2.45) is 0 Å². The molecule has 7 nitrogen and oxygen atoms in total. The molecule has 23 heavy (non-hydrogen) atoms. The second-order valence-electron chi connectivity index (χ2n) is 5.43. The molecule has 0 bridgehead atoms. The Balaban J connectivity index is 1.94. The third-order valence-electron chi connectivity index (χ3n) is 3.46. The molecule has 2 amide bonds. The Kier molecular flexibility index (Phi) is 5.00. The first-order valence-electron chi connectivity index (χ1n) is 7.17. The van der Waals surface area contributed by atoms with Gasteiger partial charge in [-0.2, -0.15) is 0 Å². The number of aromatic nitrogens is 1. The minimum atomic E-state index is -0.374. The second kappa shape index (κ2) is 6.95. The van der Waals surface area contributed by atoms with Crippen LogP contribution in [0.25, 0.3) is 0 Å². The monoisotopic (exact) mass is 316 g/mol. The van der Waals surface area contributed by atoms with Crippen molar-refractivity contribution >= 4 is 17.5 Å². The Morgan fingerprint density at radius 3 is 2.57 bits per heavy atom. The SMILES string of the molecule is Cc1noc(C)c1CC(=O)NNC(=O)c1cccc(N(C)C)c1. The third kappa shape index (κ3) is 4.09. The van der Waals surface area contributed by atoms with E-state index in [4.69, 9.17) is 4.52 Å². The van der Waals surface area contributed by atoms with E-state index >= 15 is 0 Å². The highest BCUT2D eigenvalue weighted by Gasteiger charge is 2.14. The topological polar surface area (TPSA) is 87.5 Å². The van der Waals surface area contributed by atoms with E-state index in [0.29, 0.717) is 17.0 Å². The minimum absolute atomic E-state index is 0.0964. The lowest BCUT2D eigenvalue weighted by atomic mass is 10.1. The van der Waals surface area contributed by atoms with Crippen LogP contribution in [-0.4, -0.2) is 31.1 Å². The van der Waals surface area contributed by atoms with Gasteiger partial charge in [-0.3, -0.25) is 20.4 Å². The highest BCUT2D eigenvalue weighted by molar-refractivity contribution is 5.96. The molecule has 2 rings (SSSR count). The predicted octanol–water partition coefficient (Wildman–Crippen LogP) is 1.36. The van der Waals surface area contributed by atoms with Crippen LogP contribution in [0, 0.1) is 13.8 Å². The van der Waals surface area contributed by atoms with Gasteiger partial charge < -0.3 is 9.42 Å². The lowest BCUT2D eigenvalue weighted by Crippen LogP contribution is -2.42. The summed E-state index contributed by atoms with van der Waals surface area (Å²) in [6.45, 7) is 3.51. The molecule has 0 aliphatic rings. The Labute approximate surface area is 134 Å². The molecule has 2 N–H and O–H groups in total. The largest absolute Gasteiger partial charge is 0.378 e. The van der Waals surface area contributed by atoms with Gasteiger partial charge in [-0.05, 0) is 32.0 Å². The number of rotatable bonds is 4. The number of nitrogens with one attached hydrogen (secondary N) is 2. The van der Waals surface area contributed by atoms with Gasteiger partial charge in [0.15, 0.2) is 0 Å². The second-order valence-corrected chi connectivity index (χ2v) is 5.43. The van der Waals surface area contributed by atoms with Crippen molar-refractivity contribution < 1.29 is 14.1 Å². The van der Waals surface area contributed by atoms with Crippen LogP contribution in [0.2, 0.25) is 0 Å². The van der Waals surface area contributed by atoms with Crippen LogP contribution in [0.15, 0.2) is 28.8 Å². The molecule has 1 aromatic carbocycles. The summed E-state index contributed by atoms with van der Waals surface area (Å²) < 4.78 is 5.00. The van der Waals surface area contributed by atoms with Gasteiger partial charge in [-0.15, -0.1) is 0 Å². The molecule has 7 heteroatoms. The van der Waals surface area contributed by atoms with E-state index in [-0.39, 0.29) is 18.2 Å². The molecule has 122 valence electrons. The number of aryl methyl sites for hydroxylation is 2. The highest BCUT2D eigenvalue weighted by Crippen LogP contribution is 2.14. The Morgan fingerprint density at radius 1 is 1.22 bits per heavy atom. The van der Waals surface area contributed by atoms with Crippen molar-refractivity contribution in [2.45, 2.75) is 20.3 Å². The zero-order valence-corrected chi connectivity index (χ0v) is 13.6. The molecule has 0 saturated heterocycles. The molecule has 0 radical (unpaired) electrons. The first-order valence-corrected chi connectivity index (χ1v) is 7.17. The van der Waals surface area contributed by atoms with Crippen LogP contribution in [0.4, 0.5) is 5.69 Å². The van der Waals surface area contributed by atoms with Gasteiger partial charge in [-0.25, -0.2) is 0 Å².